The van der Waals surface area contributed by atoms with Crippen LogP contribution in [0.25, 0.3) is 6.08 Å². The first-order valence-corrected chi connectivity index (χ1v) is 6.61. The molecular formula is C18H18O2. The monoisotopic (exact) mass is 266 g/mol. The molecule has 1 N–H and O–H groups in total. The largest absolute Gasteiger partial charge is 0.478 e. The Hall–Kier alpha value is -2.35. The van der Waals surface area contributed by atoms with Crippen LogP contribution in [0.2, 0.25) is 0 Å². The molecule has 0 saturated heterocycles. The summed E-state index contributed by atoms with van der Waals surface area (Å²) in [6.07, 6.45) is 10.1. The van der Waals surface area contributed by atoms with Gasteiger partial charge in [0, 0.05) is 6.08 Å². The number of carboxylic acids is 1. The van der Waals surface area contributed by atoms with Gasteiger partial charge in [-0.2, -0.15) is 0 Å². The highest BCUT2D eigenvalue weighted by molar-refractivity contribution is 5.81. The Morgan fingerprint density at radius 3 is 2.70 bits per heavy atom. The van der Waals surface area contributed by atoms with Gasteiger partial charge in [0.1, 0.15) is 0 Å². The molecule has 102 valence electrons. The Morgan fingerprint density at radius 2 is 2.00 bits per heavy atom. The summed E-state index contributed by atoms with van der Waals surface area (Å²) in [5.74, 6) is -0.915. The molecule has 1 aliphatic carbocycles. The highest BCUT2D eigenvalue weighted by Gasteiger charge is 2.12. The van der Waals surface area contributed by atoms with Crippen LogP contribution >= 0.6 is 0 Å². The summed E-state index contributed by atoms with van der Waals surface area (Å²) in [5.41, 5.74) is 5.91. The Kier molecular flexibility index (Phi) is 4.36. The first kappa shape index (κ1) is 14.1. The van der Waals surface area contributed by atoms with Crippen molar-refractivity contribution in [2.75, 3.05) is 0 Å². The Balaban J connectivity index is 2.07. The van der Waals surface area contributed by atoms with E-state index in [4.69, 9.17) is 5.11 Å². The number of aliphatic carboxylic acids is 1. The van der Waals surface area contributed by atoms with E-state index in [-0.39, 0.29) is 0 Å². The van der Waals surface area contributed by atoms with Crippen LogP contribution in [0.1, 0.15) is 25.0 Å². The van der Waals surface area contributed by atoms with Gasteiger partial charge in [0.25, 0.3) is 0 Å². The summed E-state index contributed by atoms with van der Waals surface area (Å²) < 4.78 is 0. The zero-order valence-electron chi connectivity index (χ0n) is 11.8. The van der Waals surface area contributed by atoms with Gasteiger partial charge in [0.15, 0.2) is 0 Å². The lowest BCUT2D eigenvalue weighted by Crippen LogP contribution is -1.88. The van der Waals surface area contributed by atoms with Crippen molar-refractivity contribution in [3.05, 3.63) is 76.4 Å². The van der Waals surface area contributed by atoms with Crippen molar-refractivity contribution in [2.45, 2.75) is 20.3 Å². The Bertz CT molecular complexity index is 643. The van der Waals surface area contributed by atoms with E-state index in [1.807, 2.05) is 12.2 Å². The normalized spacial score (nSPS) is 15.4. The number of hydrogen-bond acceptors (Lipinski definition) is 1. The first-order valence-electron chi connectivity index (χ1n) is 6.61. The minimum atomic E-state index is -0.915. The van der Waals surface area contributed by atoms with Gasteiger partial charge in [-0.25, -0.2) is 4.79 Å². The Morgan fingerprint density at radius 1 is 1.25 bits per heavy atom. The van der Waals surface area contributed by atoms with Crippen molar-refractivity contribution in [1.29, 1.82) is 0 Å². The molecule has 1 aromatic carbocycles. The molecule has 2 rings (SSSR count). The van der Waals surface area contributed by atoms with Crippen molar-refractivity contribution in [3.63, 3.8) is 0 Å². The molecule has 2 heteroatoms. The topological polar surface area (TPSA) is 37.3 Å². The average Bonchev–Trinajstić information content (AvgIpc) is 2.81. The van der Waals surface area contributed by atoms with Crippen LogP contribution in [0.5, 0.6) is 0 Å². The molecule has 0 heterocycles. The van der Waals surface area contributed by atoms with Crippen molar-refractivity contribution in [1.82, 2.24) is 0 Å². The zero-order valence-corrected chi connectivity index (χ0v) is 11.8. The predicted octanol–water partition coefficient (Wildman–Crippen LogP) is 4.16. The van der Waals surface area contributed by atoms with Gasteiger partial charge in [-0.3, -0.25) is 0 Å². The summed E-state index contributed by atoms with van der Waals surface area (Å²) in [6.45, 7) is 3.86. The number of hydrogen-bond donors (Lipinski definition) is 1. The fraction of sp³-hybridized carbons (Fsp3) is 0.167. The van der Waals surface area contributed by atoms with Crippen LogP contribution in [-0.2, 0) is 11.2 Å². The fourth-order valence-electron chi connectivity index (χ4n) is 2.23. The highest BCUT2D eigenvalue weighted by Crippen LogP contribution is 2.28. The van der Waals surface area contributed by atoms with Gasteiger partial charge in [-0.1, -0.05) is 48.6 Å². The van der Waals surface area contributed by atoms with Gasteiger partial charge in [-0.15, -0.1) is 0 Å². The molecule has 0 atom stereocenters. The summed E-state index contributed by atoms with van der Waals surface area (Å²) in [7, 11) is 0. The zero-order chi connectivity index (χ0) is 14.5. The number of carboxylic acid groups (broad SMARTS) is 1. The highest BCUT2D eigenvalue weighted by atomic mass is 16.4. The Labute approximate surface area is 119 Å². The minimum absolute atomic E-state index is 0.727. The SMILES string of the molecule is C/C(=C/C=C/C(C)=C/C(=O)O)C1=Cc2ccccc2C1. The summed E-state index contributed by atoms with van der Waals surface area (Å²) in [5, 5.41) is 8.63. The molecule has 0 unspecified atom stereocenters. The number of carbonyl (C=O) groups is 1. The average molecular weight is 266 g/mol. The smallest absolute Gasteiger partial charge is 0.328 e. The number of allylic oxidation sites excluding steroid dienone is 6. The van der Waals surface area contributed by atoms with E-state index in [0.717, 1.165) is 12.0 Å². The molecule has 20 heavy (non-hydrogen) atoms. The van der Waals surface area contributed by atoms with E-state index in [1.54, 1.807) is 13.0 Å². The van der Waals surface area contributed by atoms with Crippen LogP contribution in [-0.4, -0.2) is 11.1 Å². The van der Waals surface area contributed by atoms with E-state index < -0.39 is 5.97 Å². The maximum atomic E-state index is 10.5. The maximum absolute atomic E-state index is 10.5. The van der Waals surface area contributed by atoms with Gasteiger partial charge in [-0.05, 0) is 48.1 Å². The molecular weight excluding hydrogens is 248 g/mol. The van der Waals surface area contributed by atoms with E-state index in [2.05, 4.69) is 37.3 Å². The van der Waals surface area contributed by atoms with Gasteiger partial charge >= 0.3 is 5.97 Å². The van der Waals surface area contributed by atoms with Crippen molar-refractivity contribution >= 4 is 12.0 Å². The molecule has 0 bridgehead atoms. The lowest BCUT2D eigenvalue weighted by molar-refractivity contribution is -0.131. The minimum Gasteiger partial charge on any atom is -0.478 e. The van der Waals surface area contributed by atoms with E-state index >= 15 is 0 Å². The van der Waals surface area contributed by atoms with Crippen molar-refractivity contribution in [3.8, 4) is 0 Å². The van der Waals surface area contributed by atoms with Gasteiger partial charge < -0.3 is 5.11 Å². The molecule has 2 nitrogen and oxygen atoms in total. The molecule has 0 amide bonds. The van der Waals surface area contributed by atoms with Crippen LogP contribution in [0.4, 0.5) is 0 Å². The third-order valence-corrected chi connectivity index (χ3v) is 3.33. The number of rotatable bonds is 4. The molecule has 0 aliphatic heterocycles. The number of benzene rings is 1. The summed E-state index contributed by atoms with van der Waals surface area (Å²) >= 11 is 0. The third-order valence-electron chi connectivity index (χ3n) is 3.33. The summed E-state index contributed by atoms with van der Waals surface area (Å²) in [4.78, 5) is 10.5. The second-order valence-electron chi connectivity index (χ2n) is 4.98. The van der Waals surface area contributed by atoms with Crippen LogP contribution in [0.3, 0.4) is 0 Å². The quantitative estimate of drug-likeness (QED) is 0.656. The van der Waals surface area contributed by atoms with Crippen molar-refractivity contribution in [2.24, 2.45) is 0 Å². The van der Waals surface area contributed by atoms with Gasteiger partial charge in [0.2, 0.25) is 0 Å². The third kappa shape index (κ3) is 3.58. The lowest BCUT2D eigenvalue weighted by Gasteiger charge is -2.00. The molecule has 0 aromatic heterocycles. The molecule has 0 spiro atoms. The van der Waals surface area contributed by atoms with Gasteiger partial charge in [0.05, 0.1) is 0 Å². The second kappa shape index (κ2) is 6.20. The molecule has 1 aliphatic rings. The molecule has 0 fully saturated rings. The first-order chi connectivity index (χ1) is 9.56. The molecule has 0 radical (unpaired) electrons. The standard InChI is InChI=1S/C18H18O2/c1-13(10-18(19)20)6-5-7-14(2)17-11-15-8-3-4-9-16(15)12-17/h3-11H,12H2,1-2H3,(H,19,20)/b6-5+,13-10+,14-7-. The fourth-order valence-corrected chi connectivity index (χ4v) is 2.23. The summed E-state index contributed by atoms with van der Waals surface area (Å²) in [6, 6.07) is 8.40. The van der Waals surface area contributed by atoms with E-state index in [1.165, 1.54) is 28.3 Å². The predicted molar refractivity (Wildman–Crippen MR) is 82.4 cm³/mol. The lowest BCUT2D eigenvalue weighted by atomic mass is 10.0. The van der Waals surface area contributed by atoms with E-state index in [0.29, 0.717) is 0 Å². The van der Waals surface area contributed by atoms with E-state index in [9.17, 15) is 4.79 Å². The van der Waals surface area contributed by atoms with Crippen LogP contribution in [0.15, 0.2) is 65.3 Å². The van der Waals surface area contributed by atoms with Crippen molar-refractivity contribution < 1.29 is 9.90 Å². The molecule has 0 saturated carbocycles. The maximum Gasteiger partial charge on any atom is 0.328 e. The van der Waals surface area contributed by atoms with Crippen LogP contribution in [0, 0.1) is 0 Å². The second-order valence-corrected chi connectivity index (χ2v) is 4.98. The molecule has 1 aromatic rings. The number of fused-ring (bicyclic) bond motifs is 1. The van der Waals surface area contributed by atoms with Crippen LogP contribution < -0.4 is 0 Å².